The SMILES string of the molecule is CC(=O)N(C)Cc1ccccc1NC1CCC(C)CC1. The Hall–Kier alpha value is -1.51. The van der Waals surface area contributed by atoms with Crippen molar-refractivity contribution in [2.75, 3.05) is 12.4 Å². The van der Waals surface area contributed by atoms with E-state index >= 15 is 0 Å². The molecule has 0 aliphatic heterocycles. The van der Waals surface area contributed by atoms with Crippen LogP contribution in [-0.2, 0) is 11.3 Å². The van der Waals surface area contributed by atoms with Crippen molar-refractivity contribution >= 4 is 11.6 Å². The van der Waals surface area contributed by atoms with Crippen molar-refractivity contribution in [3.63, 3.8) is 0 Å². The second-order valence-corrected chi connectivity index (χ2v) is 6.13. The van der Waals surface area contributed by atoms with Gasteiger partial charge in [0.25, 0.3) is 0 Å². The first-order valence-corrected chi connectivity index (χ1v) is 7.62. The minimum Gasteiger partial charge on any atom is -0.382 e. The van der Waals surface area contributed by atoms with Gasteiger partial charge >= 0.3 is 0 Å². The molecule has 0 atom stereocenters. The molecule has 0 spiro atoms. The first-order valence-electron chi connectivity index (χ1n) is 7.62. The summed E-state index contributed by atoms with van der Waals surface area (Å²) < 4.78 is 0. The maximum atomic E-state index is 11.4. The van der Waals surface area contributed by atoms with E-state index in [1.165, 1.54) is 36.9 Å². The summed E-state index contributed by atoms with van der Waals surface area (Å²) in [6.45, 7) is 4.62. The Bertz CT molecular complexity index is 450. The van der Waals surface area contributed by atoms with E-state index in [1.807, 2.05) is 13.1 Å². The number of carbonyl (C=O) groups is 1. The highest BCUT2D eigenvalue weighted by Crippen LogP contribution is 2.27. The molecule has 3 nitrogen and oxygen atoms in total. The highest BCUT2D eigenvalue weighted by Gasteiger charge is 2.18. The summed E-state index contributed by atoms with van der Waals surface area (Å²) in [6.07, 6.45) is 5.12. The lowest BCUT2D eigenvalue weighted by molar-refractivity contribution is -0.128. The average molecular weight is 274 g/mol. The Labute approximate surface area is 122 Å². The van der Waals surface area contributed by atoms with Crippen molar-refractivity contribution in [3.8, 4) is 0 Å². The van der Waals surface area contributed by atoms with Crippen LogP contribution in [0.5, 0.6) is 0 Å². The first-order chi connectivity index (χ1) is 9.56. The lowest BCUT2D eigenvalue weighted by atomic mass is 9.87. The Morgan fingerprint density at radius 1 is 1.25 bits per heavy atom. The van der Waals surface area contributed by atoms with Crippen molar-refractivity contribution in [3.05, 3.63) is 29.8 Å². The standard InChI is InChI=1S/C17H26N2O/c1-13-8-10-16(11-9-13)18-17-7-5-4-6-15(17)12-19(3)14(2)20/h4-7,13,16,18H,8-12H2,1-3H3. The van der Waals surface area contributed by atoms with E-state index in [0.717, 1.165) is 5.92 Å². The number of nitrogens with zero attached hydrogens (tertiary/aromatic N) is 1. The minimum atomic E-state index is 0.103. The molecule has 0 saturated heterocycles. The summed E-state index contributed by atoms with van der Waals surface area (Å²) in [4.78, 5) is 13.1. The number of carbonyl (C=O) groups excluding carboxylic acids is 1. The average Bonchev–Trinajstić information content (AvgIpc) is 2.43. The van der Waals surface area contributed by atoms with Crippen LogP contribution in [0.2, 0.25) is 0 Å². The molecule has 1 saturated carbocycles. The molecule has 1 amide bonds. The summed E-state index contributed by atoms with van der Waals surface area (Å²) in [7, 11) is 1.85. The molecule has 1 N–H and O–H groups in total. The summed E-state index contributed by atoms with van der Waals surface area (Å²) in [5.41, 5.74) is 2.38. The third-order valence-corrected chi connectivity index (χ3v) is 4.34. The molecular weight excluding hydrogens is 248 g/mol. The quantitative estimate of drug-likeness (QED) is 0.909. The Morgan fingerprint density at radius 3 is 2.55 bits per heavy atom. The van der Waals surface area contributed by atoms with Crippen LogP contribution in [-0.4, -0.2) is 23.9 Å². The van der Waals surface area contributed by atoms with Crippen molar-refractivity contribution < 1.29 is 4.79 Å². The van der Waals surface area contributed by atoms with Gasteiger partial charge in [0, 0.05) is 32.2 Å². The maximum Gasteiger partial charge on any atom is 0.219 e. The van der Waals surface area contributed by atoms with Gasteiger partial charge in [0.05, 0.1) is 0 Å². The molecule has 0 aromatic heterocycles. The molecule has 1 aliphatic rings. The Balaban J connectivity index is 2.02. The fourth-order valence-electron chi connectivity index (χ4n) is 2.79. The summed E-state index contributed by atoms with van der Waals surface area (Å²) in [5, 5.41) is 3.68. The summed E-state index contributed by atoms with van der Waals surface area (Å²) >= 11 is 0. The van der Waals surface area contributed by atoms with Gasteiger partial charge in [-0.15, -0.1) is 0 Å². The van der Waals surface area contributed by atoms with Gasteiger partial charge in [-0.3, -0.25) is 4.79 Å². The fraction of sp³-hybridized carbons (Fsp3) is 0.588. The molecule has 0 radical (unpaired) electrons. The molecule has 0 heterocycles. The molecule has 0 bridgehead atoms. The van der Waals surface area contributed by atoms with E-state index < -0.39 is 0 Å². The van der Waals surface area contributed by atoms with Crippen molar-refractivity contribution in [2.24, 2.45) is 5.92 Å². The van der Waals surface area contributed by atoms with Crippen molar-refractivity contribution in [1.29, 1.82) is 0 Å². The van der Waals surface area contributed by atoms with E-state index in [9.17, 15) is 4.79 Å². The molecular formula is C17H26N2O. The highest BCUT2D eigenvalue weighted by molar-refractivity contribution is 5.73. The third-order valence-electron chi connectivity index (χ3n) is 4.34. The molecule has 110 valence electrons. The van der Waals surface area contributed by atoms with Crippen molar-refractivity contribution in [1.82, 2.24) is 4.90 Å². The maximum absolute atomic E-state index is 11.4. The predicted octanol–water partition coefficient (Wildman–Crippen LogP) is 3.66. The minimum absolute atomic E-state index is 0.103. The normalized spacial score (nSPS) is 22.4. The van der Waals surface area contributed by atoms with Gasteiger partial charge in [0.2, 0.25) is 5.91 Å². The smallest absolute Gasteiger partial charge is 0.219 e. The predicted molar refractivity (Wildman–Crippen MR) is 83.6 cm³/mol. The van der Waals surface area contributed by atoms with Crippen LogP contribution >= 0.6 is 0 Å². The molecule has 0 unspecified atom stereocenters. The van der Waals surface area contributed by atoms with E-state index in [-0.39, 0.29) is 5.91 Å². The van der Waals surface area contributed by atoms with Crippen LogP contribution in [0.1, 0.15) is 45.1 Å². The number of hydrogen-bond acceptors (Lipinski definition) is 2. The third kappa shape index (κ3) is 3.99. The van der Waals surface area contributed by atoms with E-state index in [0.29, 0.717) is 12.6 Å². The first kappa shape index (κ1) is 14.9. The van der Waals surface area contributed by atoms with E-state index in [4.69, 9.17) is 0 Å². The second kappa shape index (κ2) is 6.78. The fourth-order valence-corrected chi connectivity index (χ4v) is 2.79. The zero-order valence-electron chi connectivity index (χ0n) is 12.9. The van der Waals surface area contributed by atoms with Gasteiger partial charge < -0.3 is 10.2 Å². The van der Waals surface area contributed by atoms with Crippen molar-refractivity contribution in [2.45, 2.75) is 52.1 Å². The van der Waals surface area contributed by atoms with Crippen LogP contribution in [0, 0.1) is 5.92 Å². The van der Waals surface area contributed by atoms with Crippen LogP contribution in [0.4, 0.5) is 5.69 Å². The molecule has 1 fully saturated rings. The van der Waals surface area contributed by atoms with E-state index in [2.05, 4.69) is 30.4 Å². The Kier molecular flexibility index (Phi) is 5.05. The van der Waals surface area contributed by atoms with Crippen LogP contribution in [0.3, 0.4) is 0 Å². The van der Waals surface area contributed by atoms with Gasteiger partial charge in [-0.1, -0.05) is 25.1 Å². The number of amides is 1. The molecule has 1 aromatic carbocycles. The van der Waals surface area contributed by atoms with Gasteiger partial charge in [0.15, 0.2) is 0 Å². The number of nitrogens with one attached hydrogen (secondary N) is 1. The lowest BCUT2D eigenvalue weighted by Gasteiger charge is -2.29. The largest absolute Gasteiger partial charge is 0.382 e. The van der Waals surface area contributed by atoms with Gasteiger partial charge in [0.1, 0.15) is 0 Å². The second-order valence-electron chi connectivity index (χ2n) is 6.13. The van der Waals surface area contributed by atoms with Gasteiger partial charge in [-0.25, -0.2) is 0 Å². The highest BCUT2D eigenvalue weighted by atomic mass is 16.2. The van der Waals surface area contributed by atoms with Gasteiger partial charge in [-0.2, -0.15) is 0 Å². The van der Waals surface area contributed by atoms with Crippen LogP contribution in [0.25, 0.3) is 0 Å². The molecule has 20 heavy (non-hydrogen) atoms. The zero-order valence-corrected chi connectivity index (χ0v) is 12.9. The molecule has 1 aliphatic carbocycles. The summed E-state index contributed by atoms with van der Waals surface area (Å²) in [6, 6.07) is 8.91. The zero-order chi connectivity index (χ0) is 14.5. The van der Waals surface area contributed by atoms with Gasteiger partial charge in [-0.05, 0) is 43.2 Å². The number of anilines is 1. The summed E-state index contributed by atoms with van der Waals surface area (Å²) in [5.74, 6) is 0.971. The number of rotatable bonds is 4. The Morgan fingerprint density at radius 2 is 1.90 bits per heavy atom. The molecule has 3 heteroatoms. The number of benzene rings is 1. The monoisotopic (exact) mass is 274 g/mol. The van der Waals surface area contributed by atoms with E-state index in [1.54, 1.807) is 11.8 Å². The lowest BCUT2D eigenvalue weighted by Crippen LogP contribution is -2.27. The topological polar surface area (TPSA) is 32.3 Å². The van der Waals surface area contributed by atoms with Crippen LogP contribution in [0.15, 0.2) is 24.3 Å². The number of para-hydroxylation sites is 1. The molecule has 2 rings (SSSR count). The number of hydrogen-bond donors (Lipinski definition) is 1. The molecule has 1 aromatic rings. The van der Waals surface area contributed by atoms with Crippen LogP contribution < -0.4 is 5.32 Å².